The first kappa shape index (κ1) is 26.0. The van der Waals surface area contributed by atoms with Crippen LogP contribution in [0.3, 0.4) is 0 Å². The maximum atomic E-state index is 13.3. The molecule has 4 unspecified atom stereocenters. The van der Waals surface area contributed by atoms with Gasteiger partial charge < -0.3 is 0 Å². The van der Waals surface area contributed by atoms with E-state index in [2.05, 4.69) is 65.0 Å². The average molecular weight is 542 g/mol. The van der Waals surface area contributed by atoms with Crippen molar-refractivity contribution in [2.75, 3.05) is 0 Å². The van der Waals surface area contributed by atoms with Crippen molar-refractivity contribution >= 4 is 25.2 Å². The molecule has 4 aliphatic rings. The van der Waals surface area contributed by atoms with E-state index in [1.807, 2.05) is 0 Å². The average Bonchev–Trinajstić information content (AvgIpc) is 3.19. The number of carbonyl (C=O) groups excluding carboxylic acids is 1. The summed E-state index contributed by atoms with van der Waals surface area (Å²) in [6.45, 7) is 12.7. The number of benzene rings is 1. The second-order valence-corrected chi connectivity index (χ2v) is 16.5. The standard InChI is InChI=1S/C33H50OSe/c1-22(2)10-9-11-23(3)26-16-17-27-25-14-15-29-31(35-24-12-7-6-8-13-24)30(34)19-21-33(29,5)28(25)18-20-32(26,27)4/h6-8,12-13,22-23,25-29,31H,9-11,14-21H2,1-5H3/t23?,25?,26-,27?,28?,29-,31-,32-,33-/m1/s1. The van der Waals surface area contributed by atoms with Gasteiger partial charge in [0.1, 0.15) is 0 Å². The molecule has 4 aliphatic carbocycles. The summed E-state index contributed by atoms with van der Waals surface area (Å²) in [5, 5.41) is 0. The van der Waals surface area contributed by atoms with E-state index in [4.69, 9.17) is 0 Å². The summed E-state index contributed by atoms with van der Waals surface area (Å²) in [5.41, 5.74) is 0.958. The first-order valence-corrected chi connectivity index (χ1v) is 16.8. The van der Waals surface area contributed by atoms with Crippen LogP contribution in [0.1, 0.15) is 105 Å². The van der Waals surface area contributed by atoms with Crippen molar-refractivity contribution in [3.8, 4) is 0 Å². The third-order valence-corrected chi connectivity index (χ3v) is 14.7. The van der Waals surface area contributed by atoms with Gasteiger partial charge in [-0.25, -0.2) is 0 Å². The second kappa shape index (κ2) is 10.3. The number of Topliss-reactive ketones (excluding diaryl/α,β-unsaturated/α-hetero) is 1. The molecule has 1 nitrogen and oxygen atoms in total. The number of rotatable bonds is 7. The Morgan fingerprint density at radius 3 is 2.31 bits per heavy atom. The summed E-state index contributed by atoms with van der Waals surface area (Å²) in [6, 6.07) is 10.9. The van der Waals surface area contributed by atoms with Gasteiger partial charge in [0.05, 0.1) is 0 Å². The van der Waals surface area contributed by atoms with E-state index in [0.717, 1.165) is 48.3 Å². The van der Waals surface area contributed by atoms with Crippen LogP contribution in [-0.2, 0) is 4.79 Å². The van der Waals surface area contributed by atoms with E-state index in [-0.39, 0.29) is 15.0 Å². The van der Waals surface area contributed by atoms with E-state index < -0.39 is 0 Å². The molecular formula is C33H50OSe. The zero-order valence-electron chi connectivity index (χ0n) is 23.1. The van der Waals surface area contributed by atoms with Gasteiger partial charge in [-0.3, -0.25) is 0 Å². The molecule has 1 aromatic carbocycles. The third kappa shape index (κ3) is 4.74. The van der Waals surface area contributed by atoms with Crippen molar-refractivity contribution in [3.63, 3.8) is 0 Å². The quantitative estimate of drug-likeness (QED) is 0.319. The summed E-state index contributed by atoms with van der Waals surface area (Å²) >= 11 is 0.282. The molecule has 2 heteroatoms. The Hall–Kier alpha value is -0.591. The molecule has 0 saturated heterocycles. The van der Waals surface area contributed by atoms with E-state index in [1.54, 1.807) is 0 Å². The van der Waals surface area contributed by atoms with Crippen LogP contribution in [0, 0.1) is 52.3 Å². The topological polar surface area (TPSA) is 17.1 Å². The van der Waals surface area contributed by atoms with Crippen LogP contribution < -0.4 is 4.46 Å². The molecule has 0 aromatic heterocycles. The number of carbonyl (C=O) groups is 1. The molecule has 0 amide bonds. The predicted octanol–water partition coefficient (Wildman–Crippen LogP) is 8.10. The molecule has 0 heterocycles. The first-order chi connectivity index (χ1) is 16.7. The van der Waals surface area contributed by atoms with Gasteiger partial charge in [0.2, 0.25) is 0 Å². The number of fused-ring (bicyclic) bond motifs is 5. The summed E-state index contributed by atoms with van der Waals surface area (Å²) in [7, 11) is 0. The molecule has 4 fully saturated rings. The fourth-order valence-corrected chi connectivity index (χ4v) is 13.0. The van der Waals surface area contributed by atoms with E-state index in [1.165, 1.54) is 62.2 Å². The van der Waals surface area contributed by atoms with Gasteiger partial charge in [0, 0.05) is 0 Å². The molecule has 0 N–H and O–H groups in total. The van der Waals surface area contributed by atoms with Crippen LogP contribution in [-0.4, -0.2) is 20.7 Å². The minimum atomic E-state index is 0.282. The zero-order valence-corrected chi connectivity index (χ0v) is 24.8. The van der Waals surface area contributed by atoms with Crippen molar-refractivity contribution in [2.45, 2.75) is 110 Å². The minimum absolute atomic E-state index is 0.282. The fraction of sp³-hybridized carbons (Fsp3) is 0.788. The molecule has 0 radical (unpaired) electrons. The Labute approximate surface area is 222 Å². The molecule has 35 heavy (non-hydrogen) atoms. The van der Waals surface area contributed by atoms with Crippen LogP contribution in [0.15, 0.2) is 30.3 Å². The van der Waals surface area contributed by atoms with Gasteiger partial charge >= 0.3 is 203 Å². The summed E-state index contributed by atoms with van der Waals surface area (Å²) in [4.78, 5) is 13.6. The number of hydrogen-bond donors (Lipinski definition) is 0. The summed E-state index contributed by atoms with van der Waals surface area (Å²) < 4.78 is 1.42. The molecule has 1 aromatic rings. The van der Waals surface area contributed by atoms with E-state index in [9.17, 15) is 4.79 Å². The number of ketones is 1. The van der Waals surface area contributed by atoms with Crippen molar-refractivity contribution in [2.24, 2.45) is 52.3 Å². The van der Waals surface area contributed by atoms with Gasteiger partial charge in [0.25, 0.3) is 0 Å². The molecule has 0 bridgehead atoms. The molecular weight excluding hydrogens is 491 g/mol. The summed E-state index contributed by atoms with van der Waals surface area (Å²) in [5.74, 6) is 6.60. The van der Waals surface area contributed by atoms with Crippen molar-refractivity contribution in [1.82, 2.24) is 0 Å². The fourth-order valence-electron chi connectivity index (χ4n) is 9.93. The Kier molecular flexibility index (Phi) is 7.65. The molecule has 4 saturated carbocycles. The molecule has 0 aliphatic heterocycles. The van der Waals surface area contributed by atoms with Gasteiger partial charge in [-0.2, -0.15) is 0 Å². The maximum absolute atomic E-state index is 13.3. The van der Waals surface area contributed by atoms with Gasteiger partial charge in [-0.15, -0.1) is 0 Å². The SMILES string of the molecule is CC(C)CCCC(C)[C@H]1CCC2C3CC[C@@H]4[C@@H]([Se]c5ccccc5)C(=O)CC[C@]4(C)C3CC[C@@]21C. The van der Waals surface area contributed by atoms with Crippen molar-refractivity contribution < 1.29 is 4.79 Å². The van der Waals surface area contributed by atoms with Crippen molar-refractivity contribution in [3.05, 3.63) is 30.3 Å². The molecule has 0 spiro atoms. The van der Waals surface area contributed by atoms with Crippen LogP contribution in [0.25, 0.3) is 0 Å². The van der Waals surface area contributed by atoms with Crippen LogP contribution in [0.4, 0.5) is 0 Å². The Balaban J connectivity index is 1.32. The van der Waals surface area contributed by atoms with Crippen LogP contribution >= 0.6 is 0 Å². The Morgan fingerprint density at radius 2 is 1.57 bits per heavy atom. The van der Waals surface area contributed by atoms with E-state index >= 15 is 0 Å². The van der Waals surface area contributed by atoms with Crippen molar-refractivity contribution in [1.29, 1.82) is 0 Å². The third-order valence-electron chi connectivity index (χ3n) is 11.7. The van der Waals surface area contributed by atoms with Crippen LogP contribution in [0.5, 0.6) is 0 Å². The zero-order chi connectivity index (χ0) is 24.8. The Bertz CT molecular complexity index is 878. The first-order valence-electron chi connectivity index (χ1n) is 15.0. The second-order valence-electron chi connectivity index (χ2n) is 13.9. The normalized spacial score (nSPS) is 41.8. The van der Waals surface area contributed by atoms with Gasteiger partial charge in [0.15, 0.2) is 0 Å². The number of hydrogen-bond acceptors (Lipinski definition) is 1. The molecule has 5 rings (SSSR count). The van der Waals surface area contributed by atoms with E-state index in [0.29, 0.717) is 27.3 Å². The Morgan fingerprint density at radius 1 is 0.857 bits per heavy atom. The molecule has 194 valence electrons. The van der Waals surface area contributed by atoms with Gasteiger partial charge in [-0.1, -0.05) is 13.8 Å². The summed E-state index contributed by atoms with van der Waals surface area (Å²) in [6.07, 6.45) is 14.8. The monoisotopic (exact) mass is 542 g/mol. The molecule has 9 atom stereocenters. The predicted molar refractivity (Wildman–Crippen MR) is 149 cm³/mol. The van der Waals surface area contributed by atoms with Crippen LogP contribution in [0.2, 0.25) is 4.82 Å². The van der Waals surface area contributed by atoms with Gasteiger partial charge in [-0.05, 0) is 5.92 Å².